The van der Waals surface area contributed by atoms with Gasteiger partial charge in [-0.15, -0.1) is 0 Å². The van der Waals surface area contributed by atoms with Gasteiger partial charge in [-0.3, -0.25) is 4.79 Å². The molecule has 0 bridgehead atoms. The number of hydrogen-bond donors (Lipinski definition) is 0. The van der Waals surface area contributed by atoms with Crippen molar-refractivity contribution in [1.29, 1.82) is 0 Å². The Bertz CT molecular complexity index is 526. The molecule has 19 heavy (non-hydrogen) atoms. The van der Waals surface area contributed by atoms with Gasteiger partial charge in [-0.2, -0.15) is 0 Å². The number of carbonyl (C=O) groups is 1. The van der Waals surface area contributed by atoms with Gasteiger partial charge in [0.1, 0.15) is 23.8 Å². The van der Waals surface area contributed by atoms with E-state index in [1.54, 1.807) is 6.07 Å². The molecule has 0 spiro atoms. The summed E-state index contributed by atoms with van der Waals surface area (Å²) in [5, 5.41) is 0. The second-order valence-corrected chi connectivity index (χ2v) is 5.26. The van der Waals surface area contributed by atoms with Crippen LogP contribution in [0.5, 0.6) is 5.75 Å². The molecular weight excluding hydrogens is 251 g/mol. The van der Waals surface area contributed by atoms with E-state index in [0.29, 0.717) is 6.61 Å². The van der Waals surface area contributed by atoms with Crippen LogP contribution in [0.25, 0.3) is 0 Å². The molecule has 0 aromatic heterocycles. The van der Waals surface area contributed by atoms with Crippen molar-refractivity contribution in [3.63, 3.8) is 0 Å². The van der Waals surface area contributed by atoms with Crippen molar-refractivity contribution in [3.8, 4) is 5.75 Å². The van der Waals surface area contributed by atoms with Gasteiger partial charge in [0.25, 0.3) is 0 Å². The van der Waals surface area contributed by atoms with E-state index in [-0.39, 0.29) is 29.6 Å². The summed E-state index contributed by atoms with van der Waals surface area (Å²) in [6, 6.07) is 4.39. The molecule has 1 aromatic rings. The molecule has 5 heteroatoms. The highest BCUT2D eigenvalue weighted by Crippen LogP contribution is 2.34. The van der Waals surface area contributed by atoms with Crippen LogP contribution < -0.4 is 4.74 Å². The lowest BCUT2D eigenvalue weighted by Gasteiger charge is -2.29. The number of benzene rings is 1. The number of rotatable bonds is 1. The van der Waals surface area contributed by atoms with Crippen LogP contribution in [-0.2, 0) is 9.47 Å². The maximum Gasteiger partial charge on any atom is 0.173 e. The molecule has 1 saturated heterocycles. The fourth-order valence-corrected chi connectivity index (χ4v) is 2.47. The lowest BCUT2D eigenvalue weighted by Crippen LogP contribution is -2.40. The Kier molecular flexibility index (Phi) is 2.83. The lowest BCUT2D eigenvalue weighted by atomic mass is 9.97. The third-order valence-electron chi connectivity index (χ3n) is 3.36. The zero-order chi connectivity index (χ0) is 13.6. The van der Waals surface area contributed by atoms with Crippen LogP contribution in [0.2, 0.25) is 0 Å². The van der Waals surface area contributed by atoms with E-state index < -0.39 is 17.7 Å². The van der Waals surface area contributed by atoms with Gasteiger partial charge in [-0.25, -0.2) is 4.39 Å². The summed E-state index contributed by atoms with van der Waals surface area (Å²) >= 11 is 0. The van der Waals surface area contributed by atoms with Gasteiger partial charge in [-0.05, 0) is 26.0 Å². The number of ketones is 1. The minimum absolute atomic E-state index is 0.0388. The Morgan fingerprint density at radius 1 is 1.32 bits per heavy atom. The van der Waals surface area contributed by atoms with Crippen molar-refractivity contribution in [2.75, 3.05) is 6.61 Å². The predicted octanol–water partition coefficient (Wildman–Crippen LogP) is 2.31. The molecule has 2 heterocycles. The molecule has 2 aliphatic heterocycles. The molecule has 0 amide bonds. The first-order chi connectivity index (χ1) is 8.96. The minimum Gasteiger partial charge on any atom is -0.486 e. The van der Waals surface area contributed by atoms with Crippen molar-refractivity contribution in [1.82, 2.24) is 0 Å². The Balaban J connectivity index is 1.84. The average Bonchev–Trinajstić information content (AvgIpc) is 2.69. The van der Waals surface area contributed by atoms with Gasteiger partial charge in [0.2, 0.25) is 0 Å². The molecule has 0 radical (unpaired) electrons. The number of fused-ring (bicyclic) bond motifs is 1. The second-order valence-electron chi connectivity index (χ2n) is 5.26. The fraction of sp³-hybridized carbons (Fsp3) is 0.500. The van der Waals surface area contributed by atoms with Crippen molar-refractivity contribution < 1.29 is 23.4 Å². The second kappa shape index (κ2) is 4.28. The van der Waals surface area contributed by atoms with Gasteiger partial charge in [-0.1, -0.05) is 6.07 Å². The number of Topliss-reactive ketones (excluding diaryl/α,β-unsaturated/α-hetero) is 1. The topological polar surface area (TPSA) is 44.8 Å². The normalized spacial score (nSPS) is 28.9. The van der Waals surface area contributed by atoms with E-state index in [4.69, 9.17) is 14.2 Å². The van der Waals surface area contributed by atoms with Crippen LogP contribution in [-0.4, -0.2) is 30.4 Å². The molecule has 3 rings (SSSR count). The van der Waals surface area contributed by atoms with Crippen LogP contribution in [0.15, 0.2) is 18.2 Å². The monoisotopic (exact) mass is 266 g/mol. The van der Waals surface area contributed by atoms with Crippen LogP contribution in [0.3, 0.4) is 0 Å². The van der Waals surface area contributed by atoms with E-state index in [1.165, 1.54) is 12.1 Å². The standard InChI is InChI=1S/C14H15FO4/c1-14(2)17-7-12(19-14)11-6-9(16)13-8(15)4-3-5-10(13)18-11/h3-5,11-12H,6-7H2,1-2H3/t11-,12-/m0/s1. The average molecular weight is 266 g/mol. The van der Waals surface area contributed by atoms with Gasteiger partial charge >= 0.3 is 0 Å². The summed E-state index contributed by atoms with van der Waals surface area (Å²) in [6.45, 7) is 3.99. The van der Waals surface area contributed by atoms with Gasteiger partial charge in [0, 0.05) is 0 Å². The molecule has 1 fully saturated rings. The highest BCUT2D eigenvalue weighted by molar-refractivity contribution is 6.00. The number of hydrogen-bond acceptors (Lipinski definition) is 4. The summed E-state index contributed by atoms with van der Waals surface area (Å²) in [6.07, 6.45) is -0.628. The zero-order valence-electron chi connectivity index (χ0n) is 10.8. The van der Waals surface area contributed by atoms with E-state index >= 15 is 0 Å². The van der Waals surface area contributed by atoms with Crippen LogP contribution in [0.4, 0.5) is 4.39 Å². The largest absolute Gasteiger partial charge is 0.486 e. The molecule has 0 aliphatic carbocycles. The summed E-state index contributed by atoms with van der Waals surface area (Å²) in [5.41, 5.74) is 0.0388. The highest BCUT2D eigenvalue weighted by atomic mass is 19.1. The van der Waals surface area contributed by atoms with Crippen LogP contribution >= 0.6 is 0 Å². The lowest BCUT2D eigenvalue weighted by molar-refractivity contribution is -0.149. The Labute approximate surface area is 110 Å². The smallest absolute Gasteiger partial charge is 0.173 e. The summed E-state index contributed by atoms with van der Waals surface area (Å²) in [7, 11) is 0. The molecule has 2 aliphatic rings. The minimum atomic E-state index is -0.667. The third-order valence-corrected chi connectivity index (χ3v) is 3.36. The van der Waals surface area contributed by atoms with Gasteiger partial charge in [0.15, 0.2) is 11.6 Å². The van der Waals surface area contributed by atoms with E-state index in [9.17, 15) is 9.18 Å². The van der Waals surface area contributed by atoms with E-state index in [0.717, 1.165) is 0 Å². The maximum absolute atomic E-state index is 13.6. The summed E-state index contributed by atoms with van der Waals surface area (Å²) in [4.78, 5) is 12.0. The molecule has 0 N–H and O–H groups in total. The van der Waals surface area contributed by atoms with Crippen molar-refractivity contribution >= 4 is 5.78 Å². The quantitative estimate of drug-likeness (QED) is 0.782. The van der Waals surface area contributed by atoms with Crippen LogP contribution in [0, 0.1) is 5.82 Å². The SMILES string of the molecule is CC1(C)OC[C@@H]([C@@H]2CC(=O)c3c(F)cccc3O2)O1. The maximum atomic E-state index is 13.6. The van der Waals surface area contributed by atoms with Crippen molar-refractivity contribution in [2.24, 2.45) is 0 Å². The Morgan fingerprint density at radius 3 is 2.79 bits per heavy atom. The Morgan fingerprint density at radius 2 is 2.11 bits per heavy atom. The molecule has 0 unspecified atom stereocenters. The molecule has 4 nitrogen and oxygen atoms in total. The number of carbonyl (C=O) groups excluding carboxylic acids is 1. The van der Waals surface area contributed by atoms with Gasteiger partial charge in [0.05, 0.1) is 18.6 Å². The molecule has 2 atom stereocenters. The summed E-state index contributed by atoms with van der Waals surface area (Å²) < 4.78 is 30.4. The summed E-state index contributed by atoms with van der Waals surface area (Å²) in [5.74, 6) is -1.17. The third kappa shape index (κ3) is 2.24. The molecular formula is C14H15FO4. The molecule has 1 aromatic carbocycles. The van der Waals surface area contributed by atoms with E-state index in [2.05, 4.69) is 0 Å². The number of halogens is 1. The van der Waals surface area contributed by atoms with Crippen molar-refractivity contribution in [3.05, 3.63) is 29.6 Å². The molecule has 102 valence electrons. The molecule has 0 saturated carbocycles. The Hall–Kier alpha value is -1.46. The highest BCUT2D eigenvalue weighted by Gasteiger charge is 2.42. The number of ether oxygens (including phenoxy) is 3. The first-order valence-corrected chi connectivity index (χ1v) is 6.26. The zero-order valence-corrected chi connectivity index (χ0v) is 10.8. The van der Waals surface area contributed by atoms with Crippen LogP contribution in [0.1, 0.15) is 30.6 Å². The first kappa shape index (κ1) is 12.6. The van der Waals surface area contributed by atoms with Crippen molar-refractivity contribution in [2.45, 2.75) is 38.3 Å². The first-order valence-electron chi connectivity index (χ1n) is 6.26. The fourth-order valence-electron chi connectivity index (χ4n) is 2.47. The van der Waals surface area contributed by atoms with Gasteiger partial charge < -0.3 is 14.2 Å². The predicted molar refractivity (Wildman–Crippen MR) is 64.7 cm³/mol. The van der Waals surface area contributed by atoms with E-state index in [1.807, 2.05) is 13.8 Å².